The zero-order valence-corrected chi connectivity index (χ0v) is 12.8. The summed E-state index contributed by atoms with van der Waals surface area (Å²) in [5, 5.41) is 0. The van der Waals surface area contributed by atoms with E-state index in [2.05, 4.69) is 15.9 Å². The van der Waals surface area contributed by atoms with Crippen LogP contribution in [-0.4, -0.2) is 18.7 Å². The average Bonchev–Trinajstić information content (AvgIpc) is 2.97. The maximum Gasteiger partial charge on any atom is 0.320 e. The van der Waals surface area contributed by atoms with Gasteiger partial charge in [-0.3, -0.25) is 4.79 Å². The average molecular weight is 347 g/mol. The smallest absolute Gasteiger partial charge is 0.320 e. The van der Waals surface area contributed by atoms with Crippen LogP contribution in [0.1, 0.15) is 15.9 Å². The van der Waals surface area contributed by atoms with Crippen LogP contribution in [-0.2, 0) is 6.42 Å². The lowest BCUT2D eigenvalue weighted by Gasteiger charge is -2.21. The van der Waals surface area contributed by atoms with Crippen LogP contribution in [0.25, 0.3) is 0 Å². The number of Topliss-reactive ketones (excluding diaryl/α,β-unsaturated/α-hetero) is 1. The molecule has 4 nitrogen and oxygen atoms in total. The van der Waals surface area contributed by atoms with Gasteiger partial charge in [-0.2, -0.15) is 0 Å². The predicted molar refractivity (Wildman–Crippen MR) is 79.2 cm³/mol. The summed E-state index contributed by atoms with van der Waals surface area (Å²) in [6.45, 7) is 0. The Hall–Kier alpha value is -2.01. The second kappa shape index (κ2) is 4.24. The fourth-order valence-corrected chi connectivity index (χ4v) is 3.22. The van der Waals surface area contributed by atoms with Gasteiger partial charge in [0.1, 0.15) is 5.75 Å². The van der Waals surface area contributed by atoms with Crippen molar-refractivity contribution in [2.45, 2.75) is 12.2 Å². The highest BCUT2D eigenvalue weighted by Crippen LogP contribution is 2.48. The Kier molecular flexibility index (Phi) is 2.57. The second-order valence-electron chi connectivity index (χ2n) is 5.05. The van der Waals surface area contributed by atoms with Gasteiger partial charge in [-0.25, -0.2) is 0 Å². The van der Waals surface area contributed by atoms with Crippen LogP contribution in [0.4, 0.5) is 0 Å². The van der Waals surface area contributed by atoms with Gasteiger partial charge >= 0.3 is 5.79 Å². The SMILES string of the molecule is COc1cccc2c1OC1(Cc3cc(Br)ccc3O1)C2=O. The summed E-state index contributed by atoms with van der Waals surface area (Å²) < 4.78 is 18.0. The third-order valence-corrected chi connectivity index (χ3v) is 4.27. The highest BCUT2D eigenvalue weighted by molar-refractivity contribution is 9.10. The van der Waals surface area contributed by atoms with Crippen molar-refractivity contribution in [2.75, 3.05) is 7.11 Å². The predicted octanol–water partition coefficient (Wildman–Crippen LogP) is 3.36. The lowest BCUT2D eigenvalue weighted by atomic mass is 10.0. The monoisotopic (exact) mass is 346 g/mol. The minimum Gasteiger partial charge on any atom is -0.493 e. The largest absolute Gasteiger partial charge is 0.493 e. The molecule has 2 aliphatic heterocycles. The van der Waals surface area contributed by atoms with Crippen LogP contribution in [0.5, 0.6) is 17.2 Å². The number of fused-ring (bicyclic) bond motifs is 2. The molecular formula is C16H11BrO4. The van der Waals surface area contributed by atoms with E-state index in [0.29, 0.717) is 29.2 Å². The lowest BCUT2D eigenvalue weighted by molar-refractivity contribution is -0.0541. The summed E-state index contributed by atoms with van der Waals surface area (Å²) in [5.41, 5.74) is 1.45. The van der Waals surface area contributed by atoms with Gasteiger partial charge in [0.2, 0.25) is 0 Å². The van der Waals surface area contributed by atoms with Crippen molar-refractivity contribution in [3.8, 4) is 17.2 Å². The highest BCUT2D eigenvalue weighted by atomic mass is 79.9. The minimum atomic E-state index is -1.29. The van der Waals surface area contributed by atoms with Crippen LogP contribution < -0.4 is 14.2 Å². The van der Waals surface area contributed by atoms with Gasteiger partial charge in [0.15, 0.2) is 11.5 Å². The van der Waals surface area contributed by atoms with Crippen molar-refractivity contribution in [3.05, 3.63) is 52.0 Å². The van der Waals surface area contributed by atoms with E-state index in [1.165, 1.54) is 0 Å². The van der Waals surface area contributed by atoms with E-state index in [0.717, 1.165) is 10.0 Å². The number of carbonyl (C=O) groups excluding carboxylic acids is 1. The van der Waals surface area contributed by atoms with Crippen molar-refractivity contribution in [1.82, 2.24) is 0 Å². The second-order valence-corrected chi connectivity index (χ2v) is 5.97. The first-order valence-corrected chi connectivity index (χ1v) is 7.30. The third-order valence-electron chi connectivity index (χ3n) is 3.78. The molecular weight excluding hydrogens is 336 g/mol. The number of carbonyl (C=O) groups is 1. The molecule has 21 heavy (non-hydrogen) atoms. The molecule has 0 amide bonds. The number of hydrogen-bond acceptors (Lipinski definition) is 4. The Bertz CT molecular complexity index is 771. The molecule has 0 aliphatic carbocycles. The molecule has 2 heterocycles. The number of ketones is 1. The number of ether oxygens (including phenoxy) is 3. The van der Waals surface area contributed by atoms with Crippen LogP contribution >= 0.6 is 15.9 Å². The first-order chi connectivity index (χ1) is 10.1. The molecule has 2 aromatic carbocycles. The fourth-order valence-electron chi connectivity index (χ4n) is 2.81. The zero-order valence-electron chi connectivity index (χ0n) is 11.2. The number of methoxy groups -OCH3 is 1. The molecule has 2 aliphatic rings. The van der Waals surface area contributed by atoms with Gasteiger partial charge in [0.25, 0.3) is 5.78 Å². The maximum atomic E-state index is 12.7. The molecule has 2 aromatic rings. The maximum absolute atomic E-state index is 12.7. The summed E-state index contributed by atoms with van der Waals surface area (Å²) in [6, 6.07) is 10.9. The van der Waals surface area contributed by atoms with E-state index in [1.54, 1.807) is 25.3 Å². The number of rotatable bonds is 1. The normalized spacial score (nSPS) is 21.7. The van der Waals surface area contributed by atoms with Gasteiger partial charge in [0, 0.05) is 10.0 Å². The van der Waals surface area contributed by atoms with Crippen molar-refractivity contribution >= 4 is 21.7 Å². The molecule has 0 radical (unpaired) electrons. The van der Waals surface area contributed by atoms with Gasteiger partial charge in [0.05, 0.1) is 19.1 Å². The molecule has 0 saturated carbocycles. The number of para-hydroxylation sites is 1. The highest BCUT2D eigenvalue weighted by Gasteiger charge is 2.55. The van der Waals surface area contributed by atoms with E-state index in [9.17, 15) is 4.79 Å². The Labute approximate surface area is 129 Å². The number of halogens is 1. The quantitative estimate of drug-likeness (QED) is 0.794. The van der Waals surface area contributed by atoms with Gasteiger partial charge in [-0.15, -0.1) is 0 Å². The van der Waals surface area contributed by atoms with Crippen LogP contribution in [0.15, 0.2) is 40.9 Å². The first kappa shape index (κ1) is 12.7. The van der Waals surface area contributed by atoms with Crippen LogP contribution in [0.3, 0.4) is 0 Å². The van der Waals surface area contributed by atoms with E-state index in [4.69, 9.17) is 14.2 Å². The first-order valence-electron chi connectivity index (χ1n) is 6.51. The van der Waals surface area contributed by atoms with E-state index in [-0.39, 0.29) is 5.78 Å². The minimum absolute atomic E-state index is 0.163. The van der Waals surface area contributed by atoms with E-state index >= 15 is 0 Å². The summed E-state index contributed by atoms with van der Waals surface area (Å²) >= 11 is 3.43. The fraction of sp³-hybridized carbons (Fsp3) is 0.188. The molecule has 4 rings (SSSR count). The Morgan fingerprint density at radius 1 is 1.24 bits per heavy atom. The van der Waals surface area contributed by atoms with Crippen molar-refractivity contribution < 1.29 is 19.0 Å². The number of hydrogen-bond donors (Lipinski definition) is 0. The Balaban J connectivity index is 1.79. The lowest BCUT2D eigenvalue weighted by Crippen LogP contribution is -2.44. The van der Waals surface area contributed by atoms with Crippen molar-refractivity contribution in [2.24, 2.45) is 0 Å². The molecule has 0 aromatic heterocycles. The molecule has 0 fully saturated rings. The van der Waals surface area contributed by atoms with Crippen LogP contribution in [0.2, 0.25) is 0 Å². The Morgan fingerprint density at radius 2 is 2.10 bits per heavy atom. The van der Waals surface area contributed by atoms with Crippen LogP contribution in [0, 0.1) is 0 Å². The molecule has 0 saturated heterocycles. The summed E-state index contributed by atoms with van der Waals surface area (Å²) in [4.78, 5) is 12.7. The van der Waals surface area contributed by atoms with Crippen molar-refractivity contribution in [3.63, 3.8) is 0 Å². The molecule has 0 bridgehead atoms. The van der Waals surface area contributed by atoms with E-state index < -0.39 is 5.79 Å². The molecule has 106 valence electrons. The zero-order chi connectivity index (χ0) is 14.6. The van der Waals surface area contributed by atoms with Crippen molar-refractivity contribution in [1.29, 1.82) is 0 Å². The summed E-state index contributed by atoms with van der Waals surface area (Å²) in [6.07, 6.45) is 0.387. The molecule has 1 atom stereocenters. The van der Waals surface area contributed by atoms with Gasteiger partial charge < -0.3 is 14.2 Å². The molecule has 0 N–H and O–H groups in total. The molecule has 1 spiro atoms. The standard InChI is InChI=1S/C16H11BrO4/c1-19-13-4-2-3-11-14(13)21-16(15(11)18)8-9-7-10(17)5-6-12(9)20-16/h2-7H,8H2,1H3. The summed E-state index contributed by atoms with van der Waals surface area (Å²) in [7, 11) is 1.55. The molecule has 1 unspecified atom stereocenters. The molecule has 5 heteroatoms. The third kappa shape index (κ3) is 1.70. The van der Waals surface area contributed by atoms with E-state index in [1.807, 2.05) is 18.2 Å². The topological polar surface area (TPSA) is 44.8 Å². The van der Waals surface area contributed by atoms with Gasteiger partial charge in [-0.1, -0.05) is 22.0 Å². The Morgan fingerprint density at radius 3 is 2.90 bits per heavy atom. The number of benzene rings is 2. The van der Waals surface area contributed by atoms with Gasteiger partial charge in [-0.05, 0) is 30.3 Å². The summed E-state index contributed by atoms with van der Waals surface area (Å²) in [5.74, 6) is 0.220.